The molecule has 1 saturated heterocycles. The second kappa shape index (κ2) is 9.02. The van der Waals surface area contributed by atoms with E-state index >= 15 is 0 Å². The van der Waals surface area contributed by atoms with Crippen LogP contribution in [0.2, 0.25) is 0 Å². The van der Waals surface area contributed by atoms with Gasteiger partial charge in [0.1, 0.15) is 16.5 Å². The maximum atomic E-state index is 13.0. The highest BCUT2D eigenvalue weighted by atomic mass is 79.9. The van der Waals surface area contributed by atoms with Crippen LogP contribution in [0.3, 0.4) is 0 Å². The van der Waals surface area contributed by atoms with Crippen LogP contribution in [0.1, 0.15) is 22.5 Å². The zero-order valence-electron chi connectivity index (χ0n) is 16.2. The van der Waals surface area contributed by atoms with Crippen molar-refractivity contribution in [3.63, 3.8) is 0 Å². The van der Waals surface area contributed by atoms with Gasteiger partial charge in [0.2, 0.25) is 5.13 Å². The average molecular weight is 492 g/mol. The van der Waals surface area contributed by atoms with Crippen molar-refractivity contribution in [3.05, 3.63) is 40.4 Å². The Balaban J connectivity index is 1.59. The lowest BCUT2D eigenvalue weighted by atomic mass is 10.0. The summed E-state index contributed by atoms with van der Waals surface area (Å²) in [6.07, 6.45) is 3.90. The fourth-order valence-corrected chi connectivity index (χ4v) is 3.96. The summed E-state index contributed by atoms with van der Waals surface area (Å²) in [6, 6.07) is 3.62. The number of halogens is 1. The van der Waals surface area contributed by atoms with Gasteiger partial charge in [-0.3, -0.25) is 15.1 Å². The van der Waals surface area contributed by atoms with Crippen LogP contribution in [0, 0.1) is 6.92 Å². The summed E-state index contributed by atoms with van der Waals surface area (Å²) in [5.41, 5.74) is 2.53. The number of aromatic nitrogens is 4. The van der Waals surface area contributed by atoms with Gasteiger partial charge >= 0.3 is 0 Å². The Hall–Kier alpha value is -2.63. The predicted octanol–water partition coefficient (Wildman–Crippen LogP) is 3.49. The van der Waals surface area contributed by atoms with Gasteiger partial charge in [0.05, 0.1) is 32.1 Å². The second-order valence-corrected chi connectivity index (χ2v) is 8.26. The molecule has 0 aliphatic carbocycles. The summed E-state index contributed by atoms with van der Waals surface area (Å²) in [5, 5.41) is 11.5. The number of anilines is 1. The number of pyridine rings is 2. The molecule has 30 heavy (non-hydrogen) atoms. The van der Waals surface area contributed by atoms with E-state index in [1.807, 2.05) is 13.0 Å². The molecule has 1 N–H and O–H groups in total. The number of amides is 1. The van der Waals surface area contributed by atoms with Crippen LogP contribution in [0.15, 0.2) is 29.1 Å². The van der Waals surface area contributed by atoms with Gasteiger partial charge in [0.25, 0.3) is 11.1 Å². The van der Waals surface area contributed by atoms with Crippen LogP contribution >= 0.6 is 27.3 Å². The molecule has 156 valence electrons. The molecule has 0 unspecified atom stereocenters. The number of rotatable bonds is 6. The van der Waals surface area contributed by atoms with E-state index in [4.69, 9.17) is 14.2 Å². The molecule has 4 heterocycles. The van der Waals surface area contributed by atoms with Crippen molar-refractivity contribution in [1.82, 2.24) is 20.2 Å². The van der Waals surface area contributed by atoms with Gasteiger partial charge in [-0.05, 0) is 46.3 Å². The molecule has 0 aromatic carbocycles. The summed E-state index contributed by atoms with van der Waals surface area (Å²) in [4.78, 5) is 21.5. The molecule has 0 bridgehead atoms. The van der Waals surface area contributed by atoms with Gasteiger partial charge in [0, 0.05) is 29.4 Å². The molecule has 1 amide bonds. The molecule has 0 radical (unpaired) electrons. The van der Waals surface area contributed by atoms with E-state index in [1.165, 1.54) is 6.20 Å². The van der Waals surface area contributed by atoms with Crippen molar-refractivity contribution in [2.45, 2.75) is 19.4 Å². The van der Waals surface area contributed by atoms with E-state index in [0.717, 1.165) is 29.0 Å². The number of ether oxygens (including phenoxy) is 3. The zero-order valence-corrected chi connectivity index (χ0v) is 18.6. The minimum atomic E-state index is -0.362. The Morgan fingerprint density at radius 3 is 2.90 bits per heavy atom. The van der Waals surface area contributed by atoms with Crippen molar-refractivity contribution in [2.24, 2.45) is 0 Å². The molecule has 9 nitrogen and oxygen atoms in total. The topological polar surface area (TPSA) is 108 Å². The smallest absolute Gasteiger partial charge is 0.296 e. The summed E-state index contributed by atoms with van der Waals surface area (Å²) >= 11 is 4.54. The third-order valence-electron chi connectivity index (χ3n) is 4.41. The number of hydrogen-bond donors (Lipinski definition) is 1. The lowest BCUT2D eigenvalue weighted by Gasteiger charge is -2.13. The van der Waals surface area contributed by atoms with Crippen LogP contribution in [0.25, 0.3) is 11.1 Å². The van der Waals surface area contributed by atoms with Gasteiger partial charge in [-0.25, -0.2) is 4.98 Å². The van der Waals surface area contributed by atoms with Crippen LogP contribution in [0.5, 0.6) is 10.9 Å². The van der Waals surface area contributed by atoms with Gasteiger partial charge in [-0.2, -0.15) is 0 Å². The van der Waals surface area contributed by atoms with E-state index in [-0.39, 0.29) is 12.0 Å². The van der Waals surface area contributed by atoms with E-state index < -0.39 is 0 Å². The van der Waals surface area contributed by atoms with Crippen LogP contribution in [-0.2, 0) is 4.74 Å². The molecule has 3 aromatic rings. The van der Waals surface area contributed by atoms with Gasteiger partial charge in [-0.1, -0.05) is 5.10 Å². The van der Waals surface area contributed by atoms with Gasteiger partial charge in [0.15, 0.2) is 0 Å². The third kappa shape index (κ3) is 4.58. The van der Waals surface area contributed by atoms with Crippen molar-refractivity contribution >= 4 is 38.3 Å². The zero-order chi connectivity index (χ0) is 21.1. The van der Waals surface area contributed by atoms with E-state index in [2.05, 4.69) is 41.4 Å². The van der Waals surface area contributed by atoms with Gasteiger partial charge in [-0.15, -0.1) is 5.10 Å². The van der Waals surface area contributed by atoms with Crippen molar-refractivity contribution in [3.8, 4) is 22.1 Å². The average Bonchev–Trinajstić information content (AvgIpc) is 3.40. The van der Waals surface area contributed by atoms with Crippen molar-refractivity contribution in [1.29, 1.82) is 0 Å². The maximum Gasteiger partial charge on any atom is 0.296 e. The summed E-state index contributed by atoms with van der Waals surface area (Å²) in [6.45, 7) is 3.06. The molecule has 1 aliphatic rings. The molecular formula is C19H18BrN5O4S. The van der Waals surface area contributed by atoms with Crippen LogP contribution in [0.4, 0.5) is 5.13 Å². The van der Waals surface area contributed by atoms with E-state index in [9.17, 15) is 4.79 Å². The minimum Gasteiger partial charge on any atom is -0.494 e. The molecule has 1 fully saturated rings. The monoisotopic (exact) mass is 491 g/mol. The minimum absolute atomic E-state index is 0.0352. The number of hydrogen-bond acceptors (Lipinski definition) is 9. The van der Waals surface area contributed by atoms with Crippen LogP contribution in [-0.4, -0.2) is 52.5 Å². The molecule has 0 spiro atoms. The lowest BCUT2D eigenvalue weighted by molar-refractivity contribution is 0.102. The maximum absolute atomic E-state index is 13.0. The fraction of sp³-hybridized carbons (Fsp3) is 0.316. The standard InChI is InChI=1S/C19H18BrN5O4S/c1-10-5-12(13-6-16(20)22-8-15(13)27-2)14(7-21-10)17(26)23-18-24-25-19(30-18)29-11-3-4-28-9-11/h5-8,11H,3-4,9H2,1-2H3,(H,23,24,26)/t11-/m1/s1. The molecule has 3 aromatic heterocycles. The first kappa shape index (κ1) is 20.6. The van der Waals surface area contributed by atoms with Crippen molar-refractivity contribution in [2.75, 3.05) is 25.6 Å². The highest BCUT2D eigenvalue weighted by Crippen LogP contribution is 2.34. The number of carbonyl (C=O) groups excluding carboxylic acids is 1. The van der Waals surface area contributed by atoms with Crippen LogP contribution < -0.4 is 14.8 Å². The fourth-order valence-electron chi connectivity index (χ4n) is 2.97. The molecular weight excluding hydrogens is 474 g/mol. The Labute approximate surface area is 185 Å². The van der Waals surface area contributed by atoms with Crippen molar-refractivity contribution < 1.29 is 19.0 Å². The quantitative estimate of drug-likeness (QED) is 0.521. The first-order chi connectivity index (χ1) is 14.5. The molecule has 11 heteroatoms. The number of carbonyl (C=O) groups is 1. The Bertz CT molecular complexity index is 1070. The highest BCUT2D eigenvalue weighted by Gasteiger charge is 2.21. The van der Waals surface area contributed by atoms with E-state index in [0.29, 0.717) is 45.0 Å². The summed E-state index contributed by atoms with van der Waals surface area (Å²) in [7, 11) is 1.56. The second-order valence-electron chi connectivity index (χ2n) is 6.51. The normalized spacial score (nSPS) is 15.8. The lowest BCUT2D eigenvalue weighted by Crippen LogP contribution is -2.15. The number of methoxy groups -OCH3 is 1. The number of nitrogens with one attached hydrogen (secondary N) is 1. The summed E-state index contributed by atoms with van der Waals surface area (Å²) < 4.78 is 17.1. The molecule has 4 rings (SSSR count). The predicted molar refractivity (Wildman–Crippen MR) is 114 cm³/mol. The SMILES string of the molecule is COc1cnc(Br)cc1-c1cc(C)ncc1C(=O)Nc1nnc(O[C@@H]2CCOC2)s1. The highest BCUT2D eigenvalue weighted by molar-refractivity contribution is 9.10. The van der Waals surface area contributed by atoms with Gasteiger partial charge < -0.3 is 14.2 Å². The number of aryl methyl sites for hydroxylation is 1. The summed E-state index contributed by atoms with van der Waals surface area (Å²) in [5.74, 6) is 0.183. The Kier molecular flexibility index (Phi) is 6.21. The largest absolute Gasteiger partial charge is 0.494 e. The molecule has 0 saturated carbocycles. The molecule has 1 aliphatic heterocycles. The molecule has 1 atom stereocenters. The Morgan fingerprint density at radius 1 is 1.27 bits per heavy atom. The first-order valence-corrected chi connectivity index (χ1v) is 10.7. The number of nitrogens with zero attached hydrogens (tertiary/aromatic N) is 4. The van der Waals surface area contributed by atoms with E-state index in [1.54, 1.807) is 19.4 Å². The first-order valence-electron chi connectivity index (χ1n) is 9.09. The Morgan fingerprint density at radius 2 is 2.13 bits per heavy atom. The third-order valence-corrected chi connectivity index (χ3v) is 5.57.